The minimum Gasteiger partial charge on any atom is -0.356 e. The molecule has 1 saturated heterocycles. The molecule has 2 aromatic heterocycles. The van der Waals surface area contributed by atoms with Crippen molar-refractivity contribution in [2.75, 3.05) is 18.0 Å². The van der Waals surface area contributed by atoms with Crippen LogP contribution in [0.15, 0.2) is 28.8 Å². The second-order valence-corrected chi connectivity index (χ2v) is 6.53. The van der Waals surface area contributed by atoms with Gasteiger partial charge in [0.1, 0.15) is 5.82 Å². The highest BCUT2D eigenvalue weighted by Crippen LogP contribution is 2.33. The first-order valence-corrected chi connectivity index (χ1v) is 8.33. The number of fused-ring (bicyclic) bond motifs is 1. The van der Waals surface area contributed by atoms with E-state index in [1.54, 1.807) is 0 Å². The lowest BCUT2D eigenvalue weighted by atomic mass is 10.0. The molecule has 3 heterocycles. The van der Waals surface area contributed by atoms with E-state index in [4.69, 9.17) is 15.2 Å². The third-order valence-electron chi connectivity index (χ3n) is 4.55. The van der Waals surface area contributed by atoms with Crippen molar-refractivity contribution >= 4 is 16.7 Å². The molecule has 2 N–H and O–H groups in total. The van der Waals surface area contributed by atoms with Crippen LogP contribution in [0.4, 0.5) is 5.82 Å². The Labute approximate surface area is 140 Å². The number of rotatable bonds is 2. The highest BCUT2D eigenvalue weighted by Gasteiger charge is 2.23. The maximum atomic E-state index is 6.05. The number of nitrogens with zero attached hydrogens (tertiary/aromatic N) is 4. The van der Waals surface area contributed by atoms with Crippen LogP contribution >= 0.6 is 0 Å². The molecule has 3 aromatic rings. The molecule has 1 aliphatic rings. The fourth-order valence-electron chi connectivity index (χ4n) is 3.20. The Hall–Kier alpha value is -2.47. The predicted octanol–water partition coefficient (Wildman–Crippen LogP) is 2.83. The van der Waals surface area contributed by atoms with Gasteiger partial charge in [-0.15, -0.1) is 0 Å². The summed E-state index contributed by atoms with van der Waals surface area (Å²) in [5.74, 6) is 2.05. The Bertz CT molecular complexity index is 880. The first-order chi connectivity index (χ1) is 11.6. The van der Waals surface area contributed by atoms with Crippen LogP contribution in [-0.4, -0.2) is 34.3 Å². The summed E-state index contributed by atoms with van der Waals surface area (Å²) in [6, 6.07) is 8.66. The average Bonchev–Trinajstić information content (AvgIpc) is 3.01. The van der Waals surface area contributed by atoms with Crippen LogP contribution in [0.25, 0.3) is 22.4 Å². The van der Waals surface area contributed by atoms with E-state index >= 15 is 0 Å². The zero-order valence-corrected chi connectivity index (χ0v) is 14.0. The fourth-order valence-corrected chi connectivity index (χ4v) is 3.20. The summed E-state index contributed by atoms with van der Waals surface area (Å²) in [5.41, 5.74) is 9.12. The maximum Gasteiger partial charge on any atom is 0.261 e. The van der Waals surface area contributed by atoms with Crippen LogP contribution in [-0.2, 0) is 0 Å². The van der Waals surface area contributed by atoms with E-state index in [0.717, 1.165) is 48.2 Å². The summed E-state index contributed by atoms with van der Waals surface area (Å²) in [4.78, 5) is 11.6. The molecule has 0 atom stereocenters. The Kier molecular flexibility index (Phi) is 3.69. The molecule has 1 aromatic carbocycles. The molecule has 124 valence electrons. The Morgan fingerprint density at radius 3 is 2.62 bits per heavy atom. The Balaban J connectivity index is 1.87. The lowest BCUT2D eigenvalue weighted by Gasteiger charge is -2.32. The third-order valence-corrected chi connectivity index (χ3v) is 4.55. The quantitative estimate of drug-likeness (QED) is 0.781. The van der Waals surface area contributed by atoms with Crippen LogP contribution in [0.1, 0.15) is 24.2 Å². The Morgan fingerprint density at radius 1 is 1.12 bits per heavy atom. The topological polar surface area (TPSA) is 81.1 Å². The van der Waals surface area contributed by atoms with E-state index in [9.17, 15) is 0 Å². The molecule has 0 radical (unpaired) electrons. The number of hydrogen-bond donors (Lipinski definition) is 1. The van der Waals surface area contributed by atoms with Crippen molar-refractivity contribution in [3.05, 3.63) is 35.7 Å². The molecule has 4 rings (SSSR count). The summed E-state index contributed by atoms with van der Waals surface area (Å²) in [6.45, 7) is 5.69. The number of anilines is 1. The van der Waals surface area contributed by atoms with Gasteiger partial charge in [-0.1, -0.05) is 16.8 Å². The Morgan fingerprint density at radius 2 is 1.92 bits per heavy atom. The monoisotopic (exact) mass is 323 g/mol. The highest BCUT2D eigenvalue weighted by molar-refractivity contribution is 5.88. The standard InChI is InChI=1S/C18H21N5O/c1-11-3-4-16-13(9-11)10-15(18-20-12(2)22-24-18)17(21-16)23-7-5-14(19)6-8-23/h3-4,9-10,14H,5-8,19H2,1-2H3. The highest BCUT2D eigenvalue weighted by atomic mass is 16.5. The zero-order valence-electron chi connectivity index (χ0n) is 14.0. The lowest BCUT2D eigenvalue weighted by Crippen LogP contribution is -2.40. The number of benzene rings is 1. The maximum absolute atomic E-state index is 6.05. The van der Waals surface area contributed by atoms with Gasteiger partial charge in [0.25, 0.3) is 5.89 Å². The van der Waals surface area contributed by atoms with Gasteiger partial charge < -0.3 is 15.2 Å². The fraction of sp³-hybridized carbons (Fsp3) is 0.389. The van der Waals surface area contributed by atoms with Crippen molar-refractivity contribution in [2.45, 2.75) is 32.7 Å². The smallest absolute Gasteiger partial charge is 0.261 e. The molecule has 24 heavy (non-hydrogen) atoms. The van der Waals surface area contributed by atoms with E-state index in [1.165, 1.54) is 5.56 Å². The molecule has 1 fully saturated rings. The number of aromatic nitrogens is 3. The molecular weight excluding hydrogens is 302 g/mol. The molecule has 0 aliphatic carbocycles. The lowest BCUT2D eigenvalue weighted by molar-refractivity contribution is 0.425. The van der Waals surface area contributed by atoms with Gasteiger partial charge in [-0.3, -0.25) is 0 Å². The van der Waals surface area contributed by atoms with Gasteiger partial charge in [0.05, 0.1) is 11.1 Å². The van der Waals surface area contributed by atoms with Crippen molar-refractivity contribution in [3.8, 4) is 11.5 Å². The number of nitrogens with two attached hydrogens (primary N) is 1. The van der Waals surface area contributed by atoms with E-state index in [1.807, 2.05) is 6.92 Å². The molecule has 0 unspecified atom stereocenters. The molecule has 0 bridgehead atoms. The largest absolute Gasteiger partial charge is 0.356 e. The predicted molar refractivity (Wildman–Crippen MR) is 93.9 cm³/mol. The van der Waals surface area contributed by atoms with Crippen molar-refractivity contribution < 1.29 is 4.52 Å². The molecule has 1 aliphatic heterocycles. The molecule has 6 heteroatoms. The van der Waals surface area contributed by atoms with Crippen LogP contribution in [0.5, 0.6) is 0 Å². The summed E-state index contributed by atoms with van der Waals surface area (Å²) >= 11 is 0. The van der Waals surface area contributed by atoms with Gasteiger partial charge in [-0.25, -0.2) is 4.98 Å². The molecule has 0 saturated carbocycles. The second-order valence-electron chi connectivity index (χ2n) is 6.53. The number of aryl methyl sites for hydroxylation is 2. The minimum atomic E-state index is 0.276. The van der Waals surface area contributed by atoms with Gasteiger partial charge >= 0.3 is 0 Å². The molecule has 6 nitrogen and oxygen atoms in total. The van der Waals surface area contributed by atoms with E-state index in [-0.39, 0.29) is 6.04 Å². The van der Waals surface area contributed by atoms with Gasteiger partial charge in [0, 0.05) is 24.5 Å². The summed E-state index contributed by atoms with van der Waals surface area (Å²) in [6.07, 6.45) is 1.94. The number of hydrogen-bond acceptors (Lipinski definition) is 6. The summed E-state index contributed by atoms with van der Waals surface area (Å²) in [5, 5.41) is 5.02. The minimum absolute atomic E-state index is 0.276. The van der Waals surface area contributed by atoms with Gasteiger partial charge in [0.15, 0.2) is 5.82 Å². The van der Waals surface area contributed by atoms with E-state index in [0.29, 0.717) is 11.7 Å². The van der Waals surface area contributed by atoms with Crippen LogP contribution in [0.3, 0.4) is 0 Å². The van der Waals surface area contributed by atoms with Crippen LogP contribution < -0.4 is 10.6 Å². The summed E-state index contributed by atoms with van der Waals surface area (Å²) < 4.78 is 5.43. The number of piperidine rings is 1. The van der Waals surface area contributed by atoms with Crippen LogP contribution in [0, 0.1) is 13.8 Å². The normalized spacial score (nSPS) is 16.0. The first kappa shape index (κ1) is 15.1. The second kappa shape index (κ2) is 5.87. The number of pyridine rings is 1. The zero-order chi connectivity index (χ0) is 16.7. The van der Waals surface area contributed by atoms with Gasteiger partial charge in [-0.05, 0) is 44.9 Å². The first-order valence-electron chi connectivity index (χ1n) is 8.33. The SMILES string of the molecule is Cc1ccc2nc(N3CCC(N)CC3)c(-c3nc(C)no3)cc2c1. The average molecular weight is 323 g/mol. The summed E-state index contributed by atoms with van der Waals surface area (Å²) in [7, 11) is 0. The molecular formula is C18H21N5O. The van der Waals surface area contributed by atoms with Crippen molar-refractivity contribution in [1.29, 1.82) is 0 Å². The van der Waals surface area contributed by atoms with Gasteiger partial charge in [-0.2, -0.15) is 4.98 Å². The van der Waals surface area contributed by atoms with E-state index in [2.05, 4.69) is 46.2 Å². The van der Waals surface area contributed by atoms with E-state index < -0.39 is 0 Å². The molecule has 0 spiro atoms. The van der Waals surface area contributed by atoms with Crippen molar-refractivity contribution in [1.82, 2.24) is 15.1 Å². The van der Waals surface area contributed by atoms with Crippen molar-refractivity contribution in [2.24, 2.45) is 5.73 Å². The molecule has 0 amide bonds. The van der Waals surface area contributed by atoms with Crippen molar-refractivity contribution in [3.63, 3.8) is 0 Å². The van der Waals surface area contributed by atoms with Crippen LogP contribution in [0.2, 0.25) is 0 Å². The van der Waals surface area contributed by atoms with Gasteiger partial charge in [0.2, 0.25) is 0 Å². The third kappa shape index (κ3) is 2.73.